The van der Waals surface area contributed by atoms with Gasteiger partial charge < -0.3 is 4.74 Å². The molecule has 0 spiro atoms. The van der Waals surface area contributed by atoms with Gasteiger partial charge in [-0.25, -0.2) is 13.2 Å². The Morgan fingerprint density at radius 1 is 1.10 bits per heavy atom. The second kappa shape index (κ2) is 8.66. The highest BCUT2D eigenvalue weighted by molar-refractivity contribution is 7.92. The van der Waals surface area contributed by atoms with Gasteiger partial charge in [-0.2, -0.15) is 0 Å². The molecule has 1 aliphatic rings. The Bertz CT molecular complexity index is 1080. The number of rotatable bonds is 6. The number of sulfonamides is 1. The number of carbonyl (C=O) groups is 3. The molecule has 0 saturated carbocycles. The van der Waals surface area contributed by atoms with Gasteiger partial charge in [0.25, 0.3) is 5.91 Å². The van der Waals surface area contributed by atoms with Crippen molar-refractivity contribution in [2.24, 2.45) is 0 Å². The Hall–Kier alpha value is -3.20. The topological polar surface area (TPSA) is 110 Å². The zero-order valence-corrected chi connectivity index (χ0v) is 17.4. The first-order chi connectivity index (χ1) is 14.1. The third kappa shape index (κ3) is 5.04. The van der Waals surface area contributed by atoms with Gasteiger partial charge in [0.15, 0.2) is 6.61 Å². The number of ether oxygens (including phenoxy) is 1. The number of hydrogen-bond acceptors (Lipinski definition) is 6. The molecule has 0 bridgehead atoms. The third-order valence-corrected chi connectivity index (χ3v) is 5.92. The number of fused-ring (bicyclic) bond motifs is 1. The number of carbonyl (C=O) groups excluding carboxylic acids is 3. The fourth-order valence-corrected chi connectivity index (χ4v) is 4.73. The summed E-state index contributed by atoms with van der Waals surface area (Å²) in [6, 6.07) is 13.3. The third-order valence-electron chi connectivity index (χ3n) is 4.65. The molecule has 2 aromatic rings. The van der Waals surface area contributed by atoms with Crippen molar-refractivity contribution >= 4 is 33.5 Å². The summed E-state index contributed by atoms with van der Waals surface area (Å²) in [5, 5.41) is 2.18. The van der Waals surface area contributed by atoms with E-state index in [9.17, 15) is 22.8 Å². The van der Waals surface area contributed by atoms with Crippen LogP contribution in [0.3, 0.4) is 0 Å². The zero-order valence-electron chi connectivity index (χ0n) is 16.6. The van der Waals surface area contributed by atoms with E-state index in [0.29, 0.717) is 17.7 Å². The number of anilines is 1. The molecular formula is C21H22N2O6S. The Balaban J connectivity index is 1.56. The minimum atomic E-state index is -3.42. The quantitative estimate of drug-likeness (QED) is 0.695. The largest absolute Gasteiger partial charge is 0.452 e. The summed E-state index contributed by atoms with van der Waals surface area (Å²) < 4.78 is 30.2. The minimum Gasteiger partial charge on any atom is -0.452 e. The van der Waals surface area contributed by atoms with Crippen LogP contribution in [0.1, 0.15) is 28.4 Å². The molecule has 1 heterocycles. The molecule has 158 valence electrons. The molecule has 0 radical (unpaired) electrons. The molecule has 1 N–H and O–H groups in total. The van der Waals surface area contributed by atoms with Gasteiger partial charge in [0, 0.05) is 6.04 Å². The SMILES string of the molecule is CC1Cc2cc(C(=O)OCC(=O)NC(=O)Cc3ccccc3)ccc2N1S(C)(=O)=O. The molecule has 0 fully saturated rings. The molecule has 9 heteroatoms. The summed E-state index contributed by atoms with van der Waals surface area (Å²) in [5.74, 6) is -1.94. The van der Waals surface area contributed by atoms with Crippen LogP contribution in [0.2, 0.25) is 0 Å². The number of hydrogen-bond donors (Lipinski definition) is 1. The second-order valence-corrected chi connectivity index (χ2v) is 9.02. The Labute approximate surface area is 174 Å². The highest BCUT2D eigenvalue weighted by atomic mass is 32.2. The monoisotopic (exact) mass is 430 g/mol. The van der Waals surface area contributed by atoms with Crippen LogP contribution in [0.4, 0.5) is 5.69 Å². The molecule has 1 aliphatic heterocycles. The van der Waals surface area contributed by atoms with E-state index in [-0.39, 0.29) is 18.0 Å². The van der Waals surface area contributed by atoms with Gasteiger partial charge in [-0.15, -0.1) is 0 Å². The Kier molecular flexibility index (Phi) is 6.21. The van der Waals surface area contributed by atoms with Crippen molar-refractivity contribution in [3.05, 3.63) is 65.2 Å². The smallest absolute Gasteiger partial charge is 0.338 e. The molecule has 1 atom stereocenters. The van der Waals surface area contributed by atoms with Crippen molar-refractivity contribution in [1.82, 2.24) is 5.32 Å². The van der Waals surface area contributed by atoms with E-state index < -0.39 is 34.4 Å². The number of benzene rings is 2. The van der Waals surface area contributed by atoms with Gasteiger partial charge in [0.2, 0.25) is 15.9 Å². The van der Waals surface area contributed by atoms with Crippen molar-refractivity contribution in [2.45, 2.75) is 25.8 Å². The number of imide groups is 1. The lowest BCUT2D eigenvalue weighted by molar-refractivity contribution is -0.132. The summed E-state index contributed by atoms with van der Waals surface area (Å²) in [5.41, 5.74) is 2.21. The van der Waals surface area contributed by atoms with Crippen molar-refractivity contribution in [3.8, 4) is 0 Å². The van der Waals surface area contributed by atoms with E-state index in [0.717, 1.165) is 11.8 Å². The van der Waals surface area contributed by atoms with Gasteiger partial charge >= 0.3 is 5.97 Å². The van der Waals surface area contributed by atoms with Crippen molar-refractivity contribution in [1.29, 1.82) is 0 Å². The lowest BCUT2D eigenvalue weighted by atomic mass is 10.1. The highest BCUT2D eigenvalue weighted by Gasteiger charge is 2.33. The van der Waals surface area contributed by atoms with E-state index in [2.05, 4.69) is 5.32 Å². The van der Waals surface area contributed by atoms with Crippen LogP contribution < -0.4 is 9.62 Å². The maximum Gasteiger partial charge on any atom is 0.338 e. The average molecular weight is 430 g/mol. The predicted octanol–water partition coefficient (Wildman–Crippen LogP) is 1.44. The van der Waals surface area contributed by atoms with Gasteiger partial charge in [0.05, 0.1) is 23.9 Å². The predicted molar refractivity (Wildman–Crippen MR) is 111 cm³/mol. The van der Waals surface area contributed by atoms with E-state index >= 15 is 0 Å². The number of amides is 2. The summed E-state index contributed by atoms with van der Waals surface area (Å²) >= 11 is 0. The van der Waals surface area contributed by atoms with Crippen molar-refractivity contribution in [2.75, 3.05) is 17.2 Å². The average Bonchev–Trinajstić information content (AvgIpc) is 3.01. The summed E-state index contributed by atoms with van der Waals surface area (Å²) in [6.07, 6.45) is 1.65. The zero-order chi connectivity index (χ0) is 21.9. The molecule has 3 rings (SSSR count). The van der Waals surface area contributed by atoms with Gasteiger partial charge in [-0.3, -0.25) is 19.2 Å². The maximum atomic E-state index is 12.3. The van der Waals surface area contributed by atoms with Crippen LogP contribution in [0.5, 0.6) is 0 Å². The van der Waals surface area contributed by atoms with E-state index in [1.165, 1.54) is 10.4 Å². The summed E-state index contributed by atoms with van der Waals surface area (Å²) in [7, 11) is -3.42. The Morgan fingerprint density at radius 2 is 1.80 bits per heavy atom. The molecular weight excluding hydrogens is 408 g/mol. The maximum absolute atomic E-state index is 12.3. The van der Waals surface area contributed by atoms with Gasteiger partial charge in [-0.1, -0.05) is 30.3 Å². The van der Waals surface area contributed by atoms with Gasteiger partial charge in [-0.05, 0) is 42.7 Å². The molecule has 0 aliphatic carbocycles. The standard InChI is InChI=1S/C21H22N2O6S/c1-14-10-17-12-16(8-9-18(17)23(14)30(2,27)28)21(26)29-13-20(25)22-19(24)11-15-6-4-3-5-7-15/h3-9,12,14H,10-11,13H2,1-2H3,(H,22,24,25). The number of nitrogens with zero attached hydrogens (tertiary/aromatic N) is 1. The van der Waals surface area contributed by atoms with E-state index in [1.807, 2.05) is 6.07 Å². The number of nitrogens with one attached hydrogen (secondary N) is 1. The fourth-order valence-electron chi connectivity index (χ4n) is 3.47. The Morgan fingerprint density at radius 3 is 2.47 bits per heavy atom. The molecule has 0 saturated heterocycles. The molecule has 2 amide bonds. The first kappa shape index (κ1) is 21.5. The van der Waals surface area contributed by atoms with Crippen LogP contribution in [0, 0.1) is 0 Å². The molecule has 1 unspecified atom stereocenters. The molecule has 30 heavy (non-hydrogen) atoms. The molecule has 2 aromatic carbocycles. The minimum absolute atomic E-state index is 0.0420. The van der Waals surface area contributed by atoms with Crippen LogP contribution in [0.25, 0.3) is 0 Å². The van der Waals surface area contributed by atoms with E-state index in [1.54, 1.807) is 43.3 Å². The first-order valence-corrected chi connectivity index (χ1v) is 11.2. The number of esters is 1. The first-order valence-electron chi connectivity index (χ1n) is 9.31. The van der Waals surface area contributed by atoms with Crippen molar-refractivity contribution < 1.29 is 27.5 Å². The summed E-state index contributed by atoms with van der Waals surface area (Å²) in [4.78, 5) is 36.0. The lowest BCUT2D eigenvalue weighted by Crippen LogP contribution is -2.35. The second-order valence-electron chi connectivity index (χ2n) is 7.17. The van der Waals surface area contributed by atoms with Crippen molar-refractivity contribution in [3.63, 3.8) is 0 Å². The lowest BCUT2D eigenvalue weighted by Gasteiger charge is -2.21. The summed E-state index contributed by atoms with van der Waals surface area (Å²) in [6.45, 7) is 1.19. The van der Waals surface area contributed by atoms with E-state index in [4.69, 9.17) is 4.74 Å². The normalized spacial score (nSPS) is 15.4. The van der Waals surface area contributed by atoms with Crippen LogP contribution >= 0.6 is 0 Å². The van der Waals surface area contributed by atoms with Gasteiger partial charge in [0.1, 0.15) is 0 Å². The highest BCUT2D eigenvalue weighted by Crippen LogP contribution is 2.34. The molecule has 8 nitrogen and oxygen atoms in total. The van der Waals surface area contributed by atoms with Crippen LogP contribution in [-0.4, -0.2) is 45.1 Å². The fraction of sp³-hybridized carbons (Fsp3) is 0.286. The molecule has 0 aromatic heterocycles. The van der Waals surface area contributed by atoms with Crippen LogP contribution in [-0.2, 0) is 37.2 Å². The van der Waals surface area contributed by atoms with Crippen LogP contribution in [0.15, 0.2) is 48.5 Å².